The molecule has 0 saturated heterocycles. The van der Waals surface area contributed by atoms with E-state index in [-0.39, 0.29) is 0 Å². The minimum atomic E-state index is 0.291. The van der Waals surface area contributed by atoms with Crippen LogP contribution in [0.25, 0.3) is 6.20 Å². The molecule has 0 radical (unpaired) electrons. The SMILES string of the molecule is C=Cn1cc(CNC(c2ccc(Cl)cc2)C(C)C)cn1. The Balaban J connectivity index is 2.06. The zero-order valence-corrected chi connectivity index (χ0v) is 12.6. The third-order valence-corrected chi connectivity index (χ3v) is 3.52. The summed E-state index contributed by atoms with van der Waals surface area (Å²) >= 11 is 5.95. The van der Waals surface area contributed by atoms with Crippen molar-refractivity contribution in [2.75, 3.05) is 0 Å². The molecule has 0 aliphatic heterocycles. The van der Waals surface area contributed by atoms with Crippen molar-refractivity contribution in [3.8, 4) is 0 Å². The van der Waals surface area contributed by atoms with E-state index in [9.17, 15) is 0 Å². The second kappa shape index (κ2) is 6.73. The summed E-state index contributed by atoms with van der Waals surface area (Å²) in [5.74, 6) is 0.491. The monoisotopic (exact) mass is 289 g/mol. The Morgan fingerprint density at radius 2 is 2.05 bits per heavy atom. The predicted octanol–water partition coefficient (Wildman–Crippen LogP) is 4.12. The Kier molecular flexibility index (Phi) is 4.99. The molecule has 0 amide bonds. The van der Waals surface area contributed by atoms with Gasteiger partial charge in [-0.25, -0.2) is 4.68 Å². The van der Waals surface area contributed by atoms with Gasteiger partial charge in [-0.15, -0.1) is 0 Å². The zero-order chi connectivity index (χ0) is 14.5. The standard InChI is InChI=1S/C16H20ClN3/c1-4-20-11-13(10-19-20)9-18-16(12(2)3)14-5-7-15(17)8-6-14/h4-8,10-12,16,18H,1,9H2,2-3H3. The molecule has 1 aromatic carbocycles. The molecular formula is C16H20ClN3. The van der Waals surface area contributed by atoms with Crippen LogP contribution in [0, 0.1) is 5.92 Å². The van der Waals surface area contributed by atoms with E-state index in [1.807, 2.05) is 24.5 Å². The van der Waals surface area contributed by atoms with Crippen LogP contribution in [0.4, 0.5) is 0 Å². The summed E-state index contributed by atoms with van der Waals surface area (Å²) in [6.45, 7) is 8.88. The number of rotatable bonds is 6. The minimum Gasteiger partial charge on any atom is -0.306 e. The van der Waals surface area contributed by atoms with Gasteiger partial charge in [0.2, 0.25) is 0 Å². The first kappa shape index (κ1) is 14.8. The number of hydrogen-bond donors (Lipinski definition) is 1. The number of nitrogens with zero attached hydrogens (tertiary/aromatic N) is 2. The van der Waals surface area contributed by atoms with Crippen molar-refractivity contribution in [3.05, 3.63) is 59.4 Å². The molecule has 0 saturated carbocycles. The van der Waals surface area contributed by atoms with Crippen molar-refractivity contribution in [1.82, 2.24) is 15.1 Å². The third-order valence-electron chi connectivity index (χ3n) is 3.26. The van der Waals surface area contributed by atoms with Crippen LogP contribution in [-0.4, -0.2) is 9.78 Å². The van der Waals surface area contributed by atoms with Gasteiger partial charge in [-0.3, -0.25) is 0 Å². The van der Waals surface area contributed by atoms with E-state index < -0.39 is 0 Å². The molecular weight excluding hydrogens is 270 g/mol. The van der Waals surface area contributed by atoms with Crippen molar-refractivity contribution in [2.24, 2.45) is 5.92 Å². The molecule has 1 heterocycles. The van der Waals surface area contributed by atoms with E-state index >= 15 is 0 Å². The lowest BCUT2D eigenvalue weighted by Crippen LogP contribution is -2.25. The van der Waals surface area contributed by atoms with Crippen molar-refractivity contribution >= 4 is 17.8 Å². The molecule has 106 valence electrons. The van der Waals surface area contributed by atoms with E-state index in [0.29, 0.717) is 12.0 Å². The summed E-state index contributed by atoms with van der Waals surface area (Å²) in [5.41, 5.74) is 2.39. The molecule has 1 atom stereocenters. The topological polar surface area (TPSA) is 29.9 Å². The van der Waals surface area contributed by atoms with E-state index in [1.165, 1.54) is 5.56 Å². The molecule has 0 fully saturated rings. The molecule has 3 nitrogen and oxygen atoms in total. The van der Waals surface area contributed by atoms with Crippen LogP contribution in [0.1, 0.15) is 31.0 Å². The number of halogens is 1. The number of benzene rings is 1. The number of nitrogens with one attached hydrogen (secondary N) is 1. The lowest BCUT2D eigenvalue weighted by Gasteiger charge is -2.22. The van der Waals surface area contributed by atoms with Crippen molar-refractivity contribution < 1.29 is 0 Å². The first-order valence-electron chi connectivity index (χ1n) is 6.74. The van der Waals surface area contributed by atoms with Crippen LogP contribution in [0.5, 0.6) is 0 Å². The fraction of sp³-hybridized carbons (Fsp3) is 0.312. The Hall–Kier alpha value is -1.58. The molecule has 1 unspecified atom stereocenters. The Bertz CT molecular complexity index is 557. The quantitative estimate of drug-likeness (QED) is 0.867. The molecule has 0 aliphatic carbocycles. The largest absolute Gasteiger partial charge is 0.306 e. The highest BCUT2D eigenvalue weighted by atomic mass is 35.5. The van der Waals surface area contributed by atoms with Gasteiger partial charge in [-0.05, 0) is 23.6 Å². The van der Waals surface area contributed by atoms with Crippen molar-refractivity contribution in [3.63, 3.8) is 0 Å². The summed E-state index contributed by atoms with van der Waals surface area (Å²) in [6, 6.07) is 8.31. The highest BCUT2D eigenvalue weighted by Crippen LogP contribution is 2.23. The smallest absolute Gasteiger partial charge is 0.0538 e. The van der Waals surface area contributed by atoms with Crippen LogP contribution in [0.15, 0.2) is 43.2 Å². The Morgan fingerprint density at radius 3 is 2.60 bits per heavy atom. The summed E-state index contributed by atoms with van der Waals surface area (Å²) < 4.78 is 1.71. The first-order valence-corrected chi connectivity index (χ1v) is 7.12. The van der Waals surface area contributed by atoms with Gasteiger partial charge in [0.25, 0.3) is 0 Å². The van der Waals surface area contributed by atoms with Gasteiger partial charge >= 0.3 is 0 Å². The van der Waals surface area contributed by atoms with E-state index in [1.54, 1.807) is 10.9 Å². The van der Waals surface area contributed by atoms with Crippen molar-refractivity contribution in [2.45, 2.75) is 26.4 Å². The molecule has 20 heavy (non-hydrogen) atoms. The van der Waals surface area contributed by atoms with Gasteiger partial charge in [0.05, 0.1) is 6.20 Å². The van der Waals surface area contributed by atoms with Crippen LogP contribution < -0.4 is 5.32 Å². The summed E-state index contributed by atoms with van der Waals surface area (Å²) in [7, 11) is 0. The molecule has 1 aromatic heterocycles. The maximum Gasteiger partial charge on any atom is 0.0538 e. The van der Waals surface area contributed by atoms with Gasteiger partial charge in [0, 0.05) is 35.6 Å². The highest BCUT2D eigenvalue weighted by molar-refractivity contribution is 6.30. The van der Waals surface area contributed by atoms with Gasteiger partial charge in [0.15, 0.2) is 0 Å². The molecule has 0 bridgehead atoms. The van der Waals surface area contributed by atoms with E-state index in [4.69, 9.17) is 11.6 Å². The highest BCUT2D eigenvalue weighted by Gasteiger charge is 2.15. The van der Waals surface area contributed by atoms with Gasteiger partial charge in [-0.2, -0.15) is 5.10 Å². The van der Waals surface area contributed by atoms with Gasteiger partial charge in [0.1, 0.15) is 0 Å². The lowest BCUT2D eigenvalue weighted by atomic mass is 9.96. The normalized spacial score (nSPS) is 12.6. The average Bonchev–Trinajstić information content (AvgIpc) is 2.88. The molecule has 2 aromatic rings. The summed E-state index contributed by atoms with van der Waals surface area (Å²) in [5, 5.41) is 8.53. The fourth-order valence-corrected chi connectivity index (χ4v) is 2.33. The average molecular weight is 290 g/mol. The van der Waals surface area contributed by atoms with Gasteiger partial charge < -0.3 is 5.32 Å². The van der Waals surface area contributed by atoms with E-state index in [0.717, 1.165) is 17.1 Å². The lowest BCUT2D eigenvalue weighted by molar-refractivity contribution is 0.410. The van der Waals surface area contributed by atoms with Crippen LogP contribution in [0.2, 0.25) is 5.02 Å². The summed E-state index contributed by atoms with van der Waals surface area (Å²) in [6.07, 6.45) is 5.51. The Labute approximate surface area is 125 Å². The van der Waals surface area contributed by atoms with Crippen molar-refractivity contribution in [1.29, 1.82) is 0 Å². The third kappa shape index (κ3) is 3.71. The second-order valence-electron chi connectivity index (χ2n) is 5.17. The minimum absolute atomic E-state index is 0.291. The fourth-order valence-electron chi connectivity index (χ4n) is 2.20. The van der Waals surface area contributed by atoms with E-state index in [2.05, 4.69) is 43.0 Å². The predicted molar refractivity (Wildman–Crippen MR) is 84.5 cm³/mol. The summed E-state index contributed by atoms with van der Waals surface area (Å²) in [4.78, 5) is 0. The molecule has 1 N–H and O–H groups in total. The maximum atomic E-state index is 5.95. The molecule has 2 rings (SSSR count). The molecule has 0 aliphatic rings. The van der Waals surface area contributed by atoms with Crippen LogP contribution in [0.3, 0.4) is 0 Å². The van der Waals surface area contributed by atoms with Crippen LogP contribution in [-0.2, 0) is 6.54 Å². The van der Waals surface area contributed by atoms with Crippen LogP contribution >= 0.6 is 11.6 Å². The zero-order valence-electron chi connectivity index (χ0n) is 11.9. The molecule has 0 spiro atoms. The number of aromatic nitrogens is 2. The molecule has 4 heteroatoms. The van der Waals surface area contributed by atoms with Gasteiger partial charge in [-0.1, -0.05) is 44.2 Å². The Morgan fingerprint density at radius 1 is 1.35 bits per heavy atom. The maximum absolute atomic E-state index is 5.95. The second-order valence-corrected chi connectivity index (χ2v) is 5.60. The first-order chi connectivity index (χ1) is 9.60. The number of hydrogen-bond acceptors (Lipinski definition) is 2.